The molecule has 0 aliphatic carbocycles. The second kappa shape index (κ2) is 4.88. The first kappa shape index (κ1) is 11.5. The summed E-state index contributed by atoms with van der Waals surface area (Å²) in [6, 6.07) is 3.55. The standard InChI is InChI=1S/C10H11N5OS/c1-6-4-7(15-16-6)5-12-10-8(9(11)17)2-3-13-14-10/h2-4H,5H2,1H3,(H2,11,17)(H,12,14). The van der Waals surface area contributed by atoms with Crippen molar-refractivity contribution in [2.75, 3.05) is 5.32 Å². The third-order valence-corrected chi connectivity index (χ3v) is 2.32. The number of thiocarbonyl (C=S) groups is 1. The minimum absolute atomic E-state index is 0.277. The molecule has 0 saturated carbocycles. The van der Waals surface area contributed by atoms with Gasteiger partial charge < -0.3 is 15.6 Å². The van der Waals surface area contributed by atoms with E-state index in [0.717, 1.165) is 11.5 Å². The molecule has 0 spiro atoms. The SMILES string of the molecule is Cc1cc(CNc2nnccc2C(N)=S)no1. The number of hydrogen-bond acceptors (Lipinski definition) is 6. The molecule has 0 atom stereocenters. The van der Waals surface area contributed by atoms with Gasteiger partial charge in [-0.15, -0.1) is 5.10 Å². The van der Waals surface area contributed by atoms with Gasteiger partial charge in [0.2, 0.25) is 0 Å². The van der Waals surface area contributed by atoms with E-state index in [1.54, 1.807) is 12.3 Å². The third kappa shape index (κ3) is 2.76. The molecule has 0 aliphatic heterocycles. The van der Waals surface area contributed by atoms with Crippen molar-refractivity contribution in [3.05, 3.63) is 35.3 Å². The monoisotopic (exact) mass is 249 g/mol. The highest BCUT2D eigenvalue weighted by molar-refractivity contribution is 7.80. The van der Waals surface area contributed by atoms with Crippen LogP contribution in [0, 0.1) is 6.92 Å². The predicted molar refractivity (Wildman–Crippen MR) is 66.5 cm³/mol. The van der Waals surface area contributed by atoms with Crippen LogP contribution in [0.5, 0.6) is 0 Å². The smallest absolute Gasteiger partial charge is 0.159 e. The Bertz CT molecular complexity index is 539. The van der Waals surface area contributed by atoms with Gasteiger partial charge in [-0.2, -0.15) is 5.10 Å². The molecule has 88 valence electrons. The number of aryl methyl sites for hydroxylation is 1. The summed E-state index contributed by atoms with van der Waals surface area (Å²) in [6.45, 7) is 2.31. The minimum Gasteiger partial charge on any atom is -0.389 e. The first-order valence-electron chi connectivity index (χ1n) is 4.94. The Morgan fingerprint density at radius 3 is 3.06 bits per heavy atom. The number of rotatable bonds is 4. The number of anilines is 1. The fourth-order valence-corrected chi connectivity index (χ4v) is 1.50. The maximum atomic E-state index is 5.58. The maximum absolute atomic E-state index is 5.58. The van der Waals surface area contributed by atoms with E-state index >= 15 is 0 Å². The van der Waals surface area contributed by atoms with Gasteiger partial charge in [0.1, 0.15) is 16.4 Å². The average molecular weight is 249 g/mol. The van der Waals surface area contributed by atoms with Gasteiger partial charge in [0.15, 0.2) is 5.82 Å². The van der Waals surface area contributed by atoms with Crippen LogP contribution in [0.1, 0.15) is 17.0 Å². The molecular formula is C10H11N5OS. The molecule has 3 N–H and O–H groups in total. The number of nitrogens with one attached hydrogen (secondary N) is 1. The zero-order chi connectivity index (χ0) is 12.3. The van der Waals surface area contributed by atoms with Gasteiger partial charge >= 0.3 is 0 Å². The van der Waals surface area contributed by atoms with Crippen molar-refractivity contribution in [1.29, 1.82) is 0 Å². The summed E-state index contributed by atoms with van der Waals surface area (Å²) >= 11 is 4.92. The molecule has 7 heteroatoms. The maximum Gasteiger partial charge on any atom is 0.159 e. The Morgan fingerprint density at radius 2 is 2.41 bits per heavy atom. The molecule has 2 aromatic heterocycles. The van der Waals surface area contributed by atoms with E-state index < -0.39 is 0 Å². The van der Waals surface area contributed by atoms with E-state index in [9.17, 15) is 0 Å². The lowest BCUT2D eigenvalue weighted by molar-refractivity contribution is 0.391. The Kier molecular flexibility index (Phi) is 3.29. The normalized spacial score (nSPS) is 10.2. The van der Waals surface area contributed by atoms with Gasteiger partial charge in [0.25, 0.3) is 0 Å². The highest BCUT2D eigenvalue weighted by Gasteiger charge is 2.07. The van der Waals surface area contributed by atoms with Crippen LogP contribution >= 0.6 is 12.2 Å². The van der Waals surface area contributed by atoms with Crippen molar-refractivity contribution in [2.24, 2.45) is 5.73 Å². The summed E-state index contributed by atoms with van der Waals surface area (Å²) in [5.74, 6) is 1.30. The van der Waals surface area contributed by atoms with E-state index in [0.29, 0.717) is 17.9 Å². The van der Waals surface area contributed by atoms with E-state index in [-0.39, 0.29) is 4.99 Å². The molecule has 0 fully saturated rings. The van der Waals surface area contributed by atoms with Crippen LogP contribution < -0.4 is 11.1 Å². The minimum atomic E-state index is 0.277. The fourth-order valence-electron chi connectivity index (χ4n) is 1.34. The molecule has 0 saturated heterocycles. The fraction of sp³-hybridized carbons (Fsp3) is 0.200. The zero-order valence-electron chi connectivity index (χ0n) is 9.17. The first-order valence-corrected chi connectivity index (χ1v) is 5.35. The van der Waals surface area contributed by atoms with Crippen molar-refractivity contribution in [3.8, 4) is 0 Å². The largest absolute Gasteiger partial charge is 0.389 e. The molecule has 0 unspecified atom stereocenters. The van der Waals surface area contributed by atoms with Gasteiger partial charge in [-0.05, 0) is 13.0 Å². The van der Waals surface area contributed by atoms with Crippen LogP contribution in [0.15, 0.2) is 22.9 Å². The van der Waals surface area contributed by atoms with Gasteiger partial charge in [-0.1, -0.05) is 17.4 Å². The number of aromatic nitrogens is 3. The van der Waals surface area contributed by atoms with Crippen molar-refractivity contribution < 1.29 is 4.52 Å². The number of nitrogens with two attached hydrogens (primary N) is 1. The van der Waals surface area contributed by atoms with Crippen LogP contribution in [0.25, 0.3) is 0 Å². The van der Waals surface area contributed by atoms with Crippen molar-refractivity contribution in [2.45, 2.75) is 13.5 Å². The molecule has 2 heterocycles. The van der Waals surface area contributed by atoms with Crippen LogP contribution in [0.3, 0.4) is 0 Å². The summed E-state index contributed by atoms with van der Waals surface area (Å²) in [4.78, 5) is 0.277. The molecule has 2 rings (SSSR count). The lowest BCUT2D eigenvalue weighted by atomic mass is 10.2. The predicted octanol–water partition coefficient (Wildman–Crippen LogP) is 1.02. The van der Waals surface area contributed by atoms with Crippen LogP contribution in [0.4, 0.5) is 5.82 Å². The molecule has 6 nitrogen and oxygen atoms in total. The lowest BCUT2D eigenvalue weighted by Gasteiger charge is -2.06. The molecule has 0 amide bonds. The number of nitrogens with zero attached hydrogens (tertiary/aromatic N) is 3. The summed E-state index contributed by atoms with van der Waals surface area (Å²) in [7, 11) is 0. The topological polar surface area (TPSA) is 89.9 Å². The van der Waals surface area contributed by atoms with Crippen molar-refractivity contribution in [3.63, 3.8) is 0 Å². The lowest BCUT2D eigenvalue weighted by Crippen LogP contribution is -2.15. The second-order valence-corrected chi connectivity index (χ2v) is 3.88. The summed E-state index contributed by atoms with van der Waals surface area (Å²) in [6.07, 6.45) is 1.54. The van der Waals surface area contributed by atoms with Gasteiger partial charge in [-0.3, -0.25) is 0 Å². The zero-order valence-corrected chi connectivity index (χ0v) is 9.99. The van der Waals surface area contributed by atoms with Gasteiger partial charge in [0, 0.05) is 6.07 Å². The Balaban J connectivity index is 2.11. The quantitative estimate of drug-likeness (QED) is 0.782. The van der Waals surface area contributed by atoms with Crippen LogP contribution in [0.2, 0.25) is 0 Å². The van der Waals surface area contributed by atoms with Gasteiger partial charge in [0.05, 0.1) is 18.3 Å². The van der Waals surface area contributed by atoms with E-state index in [1.807, 2.05) is 13.0 Å². The van der Waals surface area contributed by atoms with E-state index in [4.69, 9.17) is 22.5 Å². The number of hydrogen-bond donors (Lipinski definition) is 2. The average Bonchev–Trinajstić information content (AvgIpc) is 2.73. The van der Waals surface area contributed by atoms with Gasteiger partial charge in [-0.25, -0.2) is 0 Å². The molecule has 0 radical (unpaired) electrons. The highest BCUT2D eigenvalue weighted by Crippen LogP contribution is 2.11. The van der Waals surface area contributed by atoms with E-state index in [1.165, 1.54) is 0 Å². The Hall–Kier alpha value is -2.02. The second-order valence-electron chi connectivity index (χ2n) is 3.44. The molecule has 0 aromatic carbocycles. The van der Waals surface area contributed by atoms with Crippen LogP contribution in [-0.2, 0) is 6.54 Å². The van der Waals surface area contributed by atoms with E-state index in [2.05, 4.69) is 20.7 Å². The first-order chi connectivity index (χ1) is 8.16. The Morgan fingerprint density at radius 1 is 1.59 bits per heavy atom. The van der Waals surface area contributed by atoms with Crippen molar-refractivity contribution >= 4 is 23.0 Å². The molecule has 0 bridgehead atoms. The van der Waals surface area contributed by atoms with Crippen LogP contribution in [-0.4, -0.2) is 20.3 Å². The molecule has 0 aliphatic rings. The summed E-state index contributed by atoms with van der Waals surface area (Å²) < 4.78 is 4.95. The van der Waals surface area contributed by atoms with Crippen molar-refractivity contribution in [1.82, 2.24) is 15.4 Å². The summed E-state index contributed by atoms with van der Waals surface area (Å²) in [5, 5.41) is 14.6. The summed E-state index contributed by atoms with van der Waals surface area (Å²) in [5.41, 5.74) is 7.02. The highest BCUT2D eigenvalue weighted by atomic mass is 32.1. The third-order valence-electron chi connectivity index (χ3n) is 2.10. The molecule has 17 heavy (non-hydrogen) atoms. The molecule has 2 aromatic rings. The Labute approximate surface area is 103 Å². The molecular weight excluding hydrogens is 238 g/mol.